The van der Waals surface area contributed by atoms with E-state index in [2.05, 4.69) is 26.3 Å². The van der Waals surface area contributed by atoms with Crippen molar-refractivity contribution in [1.82, 2.24) is 15.2 Å². The summed E-state index contributed by atoms with van der Waals surface area (Å²) in [5, 5.41) is 6.48. The van der Waals surface area contributed by atoms with Gasteiger partial charge in [-0.3, -0.25) is 4.79 Å². The zero-order valence-electron chi connectivity index (χ0n) is 15.3. The lowest BCUT2D eigenvalue weighted by molar-refractivity contribution is -0.117. The first-order valence-corrected chi connectivity index (χ1v) is 9.29. The third kappa shape index (κ3) is 4.65. The molecule has 1 aromatic heterocycles. The Kier molecular flexibility index (Phi) is 6.30. The van der Waals surface area contributed by atoms with Gasteiger partial charge in [-0.25, -0.2) is 4.99 Å². The van der Waals surface area contributed by atoms with Gasteiger partial charge in [-0.15, -0.1) is 0 Å². The molecule has 0 saturated heterocycles. The summed E-state index contributed by atoms with van der Waals surface area (Å²) in [6, 6.07) is 12.2. The molecule has 6 nitrogen and oxygen atoms in total. The maximum Gasteiger partial charge on any atom is 0.248 e. The molecule has 138 valence electrons. The molecule has 0 radical (unpaired) electrons. The first kappa shape index (κ1) is 18.0. The predicted molar refractivity (Wildman–Crippen MR) is 106 cm³/mol. The highest BCUT2D eigenvalue weighted by Crippen LogP contribution is 2.26. The molecule has 2 heterocycles. The molecular formula is C20H27N5O. The molecule has 1 amide bonds. The van der Waals surface area contributed by atoms with Crippen molar-refractivity contribution in [2.45, 2.75) is 26.3 Å². The number of aryl methyl sites for hydroxylation is 1. The molecular weight excluding hydrogens is 326 g/mol. The topological polar surface area (TPSA) is 61.7 Å². The second kappa shape index (κ2) is 9.08. The van der Waals surface area contributed by atoms with E-state index in [4.69, 9.17) is 0 Å². The average Bonchev–Trinajstić information content (AvgIpc) is 3.19. The summed E-state index contributed by atoms with van der Waals surface area (Å²) >= 11 is 0. The number of nitrogens with one attached hydrogen (secondary N) is 2. The Bertz CT molecular complexity index is 738. The van der Waals surface area contributed by atoms with Gasteiger partial charge in [0, 0.05) is 44.3 Å². The zero-order valence-corrected chi connectivity index (χ0v) is 15.3. The van der Waals surface area contributed by atoms with Crippen molar-refractivity contribution in [3.8, 4) is 0 Å². The first-order chi connectivity index (χ1) is 12.8. The predicted octanol–water partition coefficient (Wildman–Crippen LogP) is 2.02. The number of para-hydroxylation sites is 1. The van der Waals surface area contributed by atoms with Crippen LogP contribution in [0.3, 0.4) is 0 Å². The van der Waals surface area contributed by atoms with E-state index in [0.717, 1.165) is 44.7 Å². The van der Waals surface area contributed by atoms with Crippen molar-refractivity contribution in [3.63, 3.8) is 0 Å². The third-order valence-electron chi connectivity index (χ3n) is 4.46. The molecule has 26 heavy (non-hydrogen) atoms. The summed E-state index contributed by atoms with van der Waals surface area (Å²) in [5.74, 6) is 0.720. The highest BCUT2D eigenvalue weighted by atomic mass is 16.2. The van der Waals surface area contributed by atoms with Crippen molar-refractivity contribution >= 4 is 17.6 Å². The van der Waals surface area contributed by atoms with Crippen molar-refractivity contribution < 1.29 is 4.79 Å². The number of nitrogens with zero attached hydrogens (tertiary/aromatic N) is 3. The Morgan fingerprint density at radius 1 is 1.15 bits per heavy atom. The summed E-state index contributed by atoms with van der Waals surface area (Å²) in [6.45, 7) is 5.30. The fourth-order valence-electron chi connectivity index (χ4n) is 3.19. The molecule has 0 atom stereocenters. The quantitative estimate of drug-likeness (QED) is 0.617. The van der Waals surface area contributed by atoms with E-state index in [-0.39, 0.29) is 12.5 Å². The number of anilines is 1. The third-order valence-corrected chi connectivity index (χ3v) is 4.46. The van der Waals surface area contributed by atoms with E-state index >= 15 is 0 Å². The standard InChI is InChI=1S/C20H27N5O/c1-2-21-20(22-11-15-24-12-5-6-13-24)23-16-19(26)25-14-7-9-17-8-3-4-10-18(17)25/h3-6,8,10,12-13H,2,7,9,11,14-16H2,1H3,(H2,21,22,23). The summed E-state index contributed by atoms with van der Waals surface area (Å²) in [5.41, 5.74) is 2.28. The van der Waals surface area contributed by atoms with E-state index in [0.29, 0.717) is 5.96 Å². The van der Waals surface area contributed by atoms with Gasteiger partial charge in [0.05, 0.1) is 0 Å². The molecule has 0 unspecified atom stereocenters. The van der Waals surface area contributed by atoms with E-state index in [1.54, 1.807) is 0 Å². The van der Waals surface area contributed by atoms with Crippen molar-refractivity contribution in [2.75, 3.05) is 31.1 Å². The van der Waals surface area contributed by atoms with Gasteiger partial charge in [0.25, 0.3) is 0 Å². The van der Waals surface area contributed by atoms with Crippen LogP contribution in [0.15, 0.2) is 53.8 Å². The fraction of sp³-hybridized carbons (Fsp3) is 0.400. The summed E-state index contributed by atoms with van der Waals surface area (Å²) in [6.07, 6.45) is 6.10. The molecule has 1 aliphatic rings. The first-order valence-electron chi connectivity index (χ1n) is 9.29. The lowest BCUT2D eigenvalue weighted by Crippen LogP contribution is -2.41. The van der Waals surface area contributed by atoms with E-state index in [1.807, 2.05) is 54.5 Å². The Balaban J connectivity index is 1.57. The van der Waals surface area contributed by atoms with E-state index in [1.165, 1.54) is 5.56 Å². The van der Waals surface area contributed by atoms with Crippen LogP contribution in [0.5, 0.6) is 0 Å². The summed E-state index contributed by atoms with van der Waals surface area (Å²) < 4.78 is 2.10. The van der Waals surface area contributed by atoms with Gasteiger partial charge in [-0.05, 0) is 43.5 Å². The molecule has 2 N–H and O–H groups in total. The molecule has 0 saturated carbocycles. The number of hydrogen-bond donors (Lipinski definition) is 2. The van der Waals surface area contributed by atoms with E-state index in [9.17, 15) is 4.79 Å². The smallest absolute Gasteiger partial charge is 0.248 e. The number of hydrogen-bond acceptors (Lipinski definition) is 2. The summed E-state index contributed by atoms with van der Waals surface area (Å²) in [7, 11) is 0. The van der Waals surface area contributed by atoms with Crippen LogP contribution in [0.1, 0.15) is 18.9 Å². The minimum absolute atomic E-state index is 0.0414. The molecule has 6 heteroatoms. The maximum atomic E-state index is 12.7. The number of benzene rings is 1. The normalized spacial score (nSPS) is 14.0. The Morgan fingerprint density at radius 3 is 2.77 bits per heavy atom. The highest BCUT2D eigenvalue weighted by molar-refractivity contribution is 5.97. The number of fused-ring (bicyclic) bond motifs is 1. The molecule has 0 aliphatic carbocycles. The van der Waals surface area contributed by atoms with Crippen LogP contribution < -0.4 is 15.5 Å². The van der Waals surface area contributed by atoms with Gasteiger partial charge in [0.15, 0.2) is 5.96 Å². The molecule has 0 fully saturated rings. The Morgan fingerprint density at radius 2 is 1.96 bits per heavy atom. The minimum Gasteiger partial charge on any atom is -0.357 e. The Hall–Kier alpha value is -2.76. The van der Waals surface area contributed by atoms with Crippen molar-refractivity contribution in [3.05, 3.63) is 54.4 Å². The molecule has 3 rings (SSSR count). The van der Waals surface area contributed by atoms with Crippen LogP contribution in [-0.2, 0) is 17.8 Å². The minimum atomic E-state index is 0.0414. The summed E-state index contributed by atoms with van der Waals surface area (Å²) in [4.78, 5) is 19.0. The highest BCUT2D eigenvalue weighted by Gasteiger charge is 2.21. The van der Waals surface area contributed by atoms with Gasteiger partial charge in [-0.1, -0.05) is 18.2 Å². The van der Waals surface area contributed by atoms with Crippen molar-refractivity contribution in [1.29, 1.82) is 0 Å². The van der Waals surface area contributed by atoms with Crippen LogP contribution in [0.4, 0.5) is 5.69 Å². The van der Waals surface area contributed by atoms with Gasteiger partial charge in [-0.2, -0.15) is 0 Å². The lowest BCUT2D eigenvalue weighted by atomic mass is 10.0. The van der Waals surface area contributed by atoms with Crippen LogP contribution in [-0.4, -0.2) is 42.6 Å². The number of carbonyl (C=O) groups is 1. The van der Waals surface area contributed by atoms with Gasteiger partial charge < -0.3 is 20.1 Å². The zero-order chi connectivity index (χ0) is 18.2. The van der Waals surface area contributed by atoms with Crippen LogP contribution in [0.25, 0.3) is 0 Å². The molecule has 0 bridgehead atoms. The largest absolute Gasteiger partial charge is 0.357 e. The number of amides is 1. The number of aliphatic imine (C=N–C) groups is 1. The monoisotopic (exact) mass is 353 g/mol. The lowest BCUT2D eigenvalue weighted by Gasteiger charge is -2.29. The van der Waals surface area contributed by atoms with Crippen LogP contribution in [0, 0.1) is 0 Å². The van der Waals surface area contributed by atoms with E-state index < -0.39 is 0 Å². The SMILES string of the molecule is CCNC(=NCC(=O)N1CCCc2ccccc21)NCCn1cccc1. The molecule has 0 spiro atoms. The second-order valence-corrected chi connectivity index (χ2v) is 6.32. The second-order valence-electron chi connectivity index (χ2n) is 6.32. The van der Waals surface area contributed by atoms with Gasteiger partial charge >= 0.3 is 0 Å². The van der Waals surface area contributed by atoms with Crippen LogP contribution in [0.2, 0.25) is 0 Å². The molecule has 1 aliphatic heterocycles. The number of rotatable bonds is 6. The molecule has 2 aromatic rings. The Labute approximate surface area is 154 Å². The van der Waals surface area contributed by atoms with Crippen molar-refractivity contribution in [2.24, 2.45) is 4.99 Å². The number of carbonyl (C=O) groups excluding carboxylic acids is 1. The van der Waals surface area contributed by atoms with Gasteiger partial charge in [0.1, 0.15) is 6.54 Å². The molecule has 1 aromatic carbocycles. The number of guanidine groups is 1. The van der Waals surface area contributed by atoms with Gasteiger partial charge in [0.2, 0.25) is 5.91 Å². The fourth-order valence-corrected chi connectivity index (χ4v) is 3.19. The van der Waals surface area contributed by atoms with Crippen LogP contribution >= 0.6 is 0 Å². The number of aromatic nitrogens is 1. The average molecular weight is 353 g/mol. The maximum absolute atomic E-state index is 12.7.